The van der Waals surface area contributed by atoms with Gasteiger partial charge in [-0.15, -0.1) is 0 Å². The number of rotatable bonds is 5. The van der Waals surface area contributed by atoms with E-state index in [9.17, 15) is 9.59 Å². The molecule has 0 bridgehead atoms. The van der Waals surface area contributed by atoms with Gasteiger partial charge in [-0.05, 0) is 35.7 Å². The highest BCUT2D eigenvalue weighted by Crippen LogP contribution is 2.21. The minimum absolute atomic E-state index is 0.0811. The first-order chi connectivity index (χ1) is 13.6. The summed E-state index contributed by atoms with van der Waals surface area (Å²) in [6.07, 6.45) is 0. The van der Waals surface area contributed by atoms with Crippen molar-refractivity contribution in [3.63, 3.8) is 0 Å². The highest BCUT2D eigenvalue weighted by molar-refractivity contribution is 5.79. The summed E-state index contributed by atoms with van der Waals surface area (Å²) < 4.78 is 6.52. The number of carbonyl (C=O) groups excluding carboxylic acids is 1. The molecule has 0 aliphatic heterocycles. The predicted molar refractivity (Wildman–Crippen MR) is 109 cm³/mol. The van der Waals surface area contributed by atoms with Gasteiger partial charge in [-0.2, -0.15) is 0 Å². The molecule has 3 aromatic carbocycles. The van der Waals surface area contributed by atoms with Gasteiger partial charge in [0.15, 0.2) is 5.58 Å². The highest BCUT2D eigenvalue weighted by Gasteiger charge is 2.15. The van der Waals surface area contributed by atoms with Crippen LogP contribution in [0, 0.1) is 0 Å². The summed E-state index contributed by atoms with van der Waals surface area (Å²) in [7, 11) is 0. The van der Waals surface area contributed by atoms with Crippen molar-refractivity contribution in [3.8, 4) is 11.1 Å². The van der Waals surface area contributed by atoms with Crippen LogP contribution in [0.4, 0.5) is 0 Å². The highest BCUT2D eigenvalue weighted by atomic mass is 16.4. The van der Waals surface area contributed by atoms with E-state index in [0.717, 1.165) is 16.7 Å². The van der Waals surface area contributed by atoms with E-state index >= 15 is 0 Å². The van der Waals surface area contributed by atoms with Gasteiger partial charge in [0, 0.05) is 0 Å². The molecule has 1 N–H and O–H groups in total. The van der Waals surface area contributed by atoms with E-state index in [1.54, 1.807) is 18.2 Å². The molecule has 0 saturated heterocycles. The average molecular weight is 372 g/mol. The fourth-order valence-corrected chi connectivity index (χ4v) is 3.27. The molecule has 0 saturated carbocycles. The Bertz CT molecular complexity index is 1160. The molecule has 0 aliphatic rings. The van der Waals surface area contributed by atoms with Gasteiger partial charge in [-0.3, -0.25) is 9.36 Å². The lowest BCUT2D eigenvalue weighted by molar-refractivity contribution is -0.122. The zero-order valence-electron chi connectivity index (χ0n) is 15.5. The maximum Gasteiger partial charge on any atom is 0.420 e. The lowest BCUT2D eigenvalue weighted by Gasteiger charge is -2.15. The van der Waals surface area contributed by atoms with E-state index in [2.05, 4.69) is 17.4 Å². The van der Waals surface area contributed by atoms with Crippen molar-refractivity contribution in [2.75, 3.05) is 0 Å². The van der Waals surface area contributed by atoms with Crippen LogP contribution in [-0.4, -0.2) is 10.5 Å². The Morgan fingerprint density at radius 3 is 2.32 bits per heavy atom. The number of aromatic nitrogens is 1. The predicted octanol–water partition coefficient (Wildman–Crippen LogP) is 4.14. The Labute approximate surface area is 162 Å². The number of oxazole rings is 1. The molecule has 5 heteroatoms. The van der Waals surface area contributed by atoms with Crippen LogP contribution in [0.15, 0.2) is 88.1 Å². The second kappa shape index (κ2) is 7.56. The van der Waals surface area contributed by atoms with E-state index in [1.807, 2.05) is 55.5 Å². The van der Waals surface area contributed by atoms with Gasteiger partial charge >= 0.3 is 5.76 Å². The van der Waals surface area contributed by atoms with Crippen LogP contribution in [0.2, 0.25) is 0 Å². The third-order valence-electron chi connectivity index (χ3n) is 4.77. The molecule has 4 rings (SSSR count). The molecule has 1 heterocycles. The molecular weight excluding hydrogens is 352 g/mol. The zero-order chi connectivity index (χ0) is 19.5. The first-order valence-electron chi connectivity index (χ1n) is 9.15. The summed E-state index contributed by atoms with van der Waals surface area (Å²) in [6.45, 7) is 1.84. The van der Waals surface area contributed by atoms with Crippen LogP contribution < -0.4 is 11.1 Å². The van der Waals surface area contributed by atoms with E-state index in [4.69, 9.17) is 4.42 Å². The third-order valence-corrected chi connectivity index (χ3v) is 4.77. The molecule has 1 atom stereocenters. The number of carbonyl (C=O) groups is 1. The molecule has 0 aliphatic carbocycles. The van der Waals surface area contributed by atoms with Crippen molar-refractivity contribution >= 4 is 17.0 Å². The largest absolute Gasteiger partial charge is 0.420 e. The Morgan fingerprint density at radius 2 is 1.57 bits per heavy atom. The van der Waals surface area contributed by atoms with Crippen molar-refractivity contribution in [2.24, 2.45) is 0 Å². The number of amides is 1. The maximum atomic E-state index is 12.5. The van der Waals surface area contributed by atoms with Gasteiger partial charge in [0.2, 0.25) is 5.91 Å². The van der Waals surface area contributed by atoms with E-state index in [1.165, 1.54) is 4.57 Å². The van der Waals surface area contributed by atoms with Crippen LogP contribution in [0.1, 0.15) is 18.5 Å². The van der Waals surface area contributed by atoms with Gasteiger partial charge in [0.05, 0.1) is 11.6 Å². The molecule has 0 fully saturated rings. The van der Waals surface area contributed by atoms with Crippen molar-refractivity contribution < 1.29 is 9.21 Å². The number of hydrogen-bond donors (Lipinski definition) is 1. The molecule has 1 unspecified atom stereocenters. The van der Waals surface area contributed by atoms with Gasteiger partial charge in [0.25, 0.3) is 0 Å². The summed E-state index contributed by atoms with van der Waals surface area (Å²) in [5.41, 5.74) is 4.36. The lowest BCUT2D eigenvalue weighted by Crippen LogP contribution is -2.32. The molecule has 28 heavy (non-hydrogen) atoms. The minimum Gasteiger partial charge on any atom is -0.408 e. The van der Waals surface area contributed by atoms with Gasteiger partial charge in [0.1, 0.15) is 6.54 Å². The van der Waals surface area contributed by atoms with E-state index in [0.29, 0.717) is 11.1 Å². The van der Waals surface area contributed by atoms with Crippen LogP contribution >= 0.6 is 0 Å². The fraction of sp³-hybridized carbons (Fsp3) is 0.130. The molecular formula is C23H20N2O3. The van der Waals surface area contributed by atoms with Crippen LogP contribution in [0.5, 0.6) is 0 Å². The summed E-state index contributed by atoms with van der Waals surface area (Å²) >= 11 is 0. The molecule has 140 valence electrons. The monoisotopic (exact) mass is 372 g/mol. The van der Waals surface area contributed by atoms with Gasteiger partial charge in [-0.1, -0.05) is 66.7 Å². The molecule has 1 amide bonds. The number of benzene rings is 3. The van der Waals surface area contributed by atoms with Crippen LogP contribution in [0.25, 0.3) is 22.2 Å². The van der Waals surface area contributed by atoms with Gasteiger partial charge in [-0.25, -0.2) is 4.79 Å². The zero-order valence-corrected chi connectivity index (χ0v) is 15.5. The van der Waals surface area contributed by atoms with Crippen LogP contribution in [-0.2, 0) is 11.3 Å². The van der Waals surface area contributed by atoms with Crippen molar-refractivity contribution in [3.05, 3.63) is 95.0 Å². The van der Waals surface area contributed by atoms with E-state index in [-0.39, 0.29) is 18.5 Å². The maximum absolute atomic E-state index is 12.5. The van der Waals surface area contributed by atoms with Gasteiger partial charge < -0.3 is 9.73 Å². The average Bonchev–Trinajstić information content (AvgIpc) is 3.04. The first-order valence-corrected chi connectivity index (χ1v) is 9.15. The second-order valence-electron chi connectivity index (χ2n) is 6.70. The topological polar surface area (TPSA) is 64.2 Å². The smallest absolute Gasteiger partial charge is 0.408 e. The Morgan fingerprint density at radius 1 is 0.929 bits per heavy atom. The standard InChI is InChI=1S/C23H20N2O3/c1-16(17-11-13-19(14-12-17)18-7-3-2-4-8-18)24-22(26)15-25-20-9-5-6-10-21(20)28-23(25)27/h2-14,16H,15H2,1H3,(H,24,26). The van der Waals surface area contributed by atoms with Crippen molar-refractivity contribution in [1.29, 1.82) is 0 Å². The number of para-hydroxylation sites is 2. The molecule has 5 nitrogen and oxygen atoms in total. The Balaban J connectivity index is 1.46. The molecule has 0 spiro atoms. The number of hydrogen-bond acceptors (Lipinski definition) is 3. The Hall–Kier alpha value is -3.60. The number of fused-ring (bicyclic) bond motifs is 1. The fourth-order valence-electron chi connectivity index (χ4n) is 3.27. The SMILES string of the molecule is CC(NC(=O)Cn1c(=O)oc2ccccc21)c1ccc(-c2ccccc2)cc1. The van der Waals surface area contributed by atoms with E-state index < -0.39 is 5.76 Å². The molecule has 1 aromatic heterocycles. The minimum atomic E-state index is -0.531. The molecule has 4 aromatic rings. The molecule has 0 radical (unpaired) electrons. The van der Waals surface area contributed by atoms with Crippen molar-refractivity contribution in [2.45, 2.75) is 19.5 Å². The number of nitrogens with one attached hydrogen (secondary N) is 1. The second-order valence-corrected chi connectivity index (χ2v) is 6.70. The summed E-state index contributed by atoms with van der Waals surface area (Å²) in [4.78, 5) is 24.5. The number of nitrogens with zero attached hydrogens (tertiary/aromatic N) is 1. The Kier molecular flexibility index (Phi) is 4.81. The first kappa shape index (κ1) is 17.8. The van der Waals surface area contributed by atoms with Crippen molar-refractivity contribution in [1.82, 2.24) is 9.88 Å². The summed E-state index contributed by atoms with van der Waals surface area (Å²) in [5, 5.41) is 2.95. The quantitative estimate of drug-likeness (QED) is 0.573. The van der Waals surface area contributed by atoms with Crippen LogP contribution in [0.3, 0.4) is 0 Å². The summed E-state index contributed by atoms with van der Waals surface area (Å²) in [5.74, 6) is -0.774. The summed E-state index contributed by atoms with van der Waals surface area (Å²) in [6, 6.07) is 25.1. The third kappa shape index (κ3) is 3.60. The lowest BCUT2D eigenvalue weighted by atomic mass is 10.0. The normalized spacial score (nSPS) is 12.0.